The normalized spacial score (nSPS) is 11.4. The fourth-order valence-electron chi connectivity index (χ4n) is 6.14. The molecule has 204 valence electrons. The lowest BCUT2D eigenvalue weighted by molar-refractivity contribution is 0.616. The van der Waals surface area contributed by atoms with Crippen LogP contribution in [0.2, 0.25) is 0 Å². The van der Waals surface area contributed by atoms with Crippen molar-refractivity contribution in [3.05, 3.63) is 157 Å². The second-order valence-electron chi connectivity index (χ2n) is 10.9. The molecule has 2 heterocycles. The number of aromatic nitrogens is 2. The van der Waals surface area contributed by atoms with Crippen LogP contribution in [0, 0.1) is 6.92 Å². The summed E-state index contributed by atoms with van der Waals surface area (Å²) in [5.74, 6) is 0.852. The molecular weight excluding hydrogens is 524 g/mol. The maximum Gasteiger partial charge on any atom is 0.149 e. The molecule has 0 atom stereocenters. The Labute approximate surface area is 250 Å². The molecule has 0 aliphatic heterocycles. The van der Waals surface area contributed by atoms with E-state index in [-0.39, 0.29) is 0 Å². The summed E-state index contributed by atoms with van der Waals surface area (Å²) >= 11 is 0. The quantitative estimate of drug-likeness (QED) is 0.213. The van der Waals surface area contributed by atoms with Crippen LogP contribution in [-0.2, 0) is 0 Å². The summed E-state index contributed by atoms with van der Waals surface area (Å²) < 4.78 is 8.58. The predicted octanol–water partition coefficient (Wildman–Crippen LogP) is 10.7. The summed E-state index contributed by atoms with van der Waals surface area (Å²) in [6.07, 6.45) is 1.86. The topological polar surface area (TPSA) is 31.0 Å². The summed E-state index contributed by atoms with van der Waals surface area (Å²) in [5.41, 5.74) is 13.0. The van der Waals surface area contributed by atoms with E-state index in [1.54, 1.807) is 0 Å². The molecule has 0 fully saturated rings. The van der Waals surface area contributed by atoms with Crippen LogP contribution < -0.4 is 0 Å². The molecule has 0 saturated carbocycles. The van der Waals surface area contributed by atoms with E-state index in [1.807, 2.05) is 12.3 Å². The predicted molar refractivity (Wildman–Crippen MR) is 177 cm³/mol. The lowest BCUT2D eigenvalue weighted by atomic mass is 9.93. The van der Waals surface area contributed by atoms with Gasteiger partial charge in [-0.1, -0.05) is 109 Å². The van der Waals surface area contributed by atoms with Gasteiger partial charge in [-0.3, -0.25) is 4.57 Å². The molecular formula is C40H28N2O. The molecule has 0 aliphatic carbocycles. The van der Waals surface area contributed by atoms with Crippen LogP contribution in [0.3, 0.4) is 0 Å². The highest BCUT2D eigenvalue weighted by Crippen LogP contribution is 2.42. The van der Waals surface area contributed by atoms with Gasteiger partial charge < -0.3 is 4.42 Å². The summed E-state index contributed by atoms with van der Waals surface area (Å²) in [4.78, 5) is 5.26. The van der Waals surface area contributed by atoms with Crippen molar-refractivity contribution in [2.45, 2.75) is 6.92 Å². The Morgan fingerprint density at radius 2 is 1.12 bits per heavy atom. The van der Waals surface area contributed by atoms with Crippen LogP contribution in [0.15, 0.2) is 156 Å². The van der Waals surface area contributed by atoms with Crippen LogP contribution in [0.4, 0.5) is 0 Å². The van der Waals surface area contributed by atoms with Crippen LogP contribution in [0.25, 0.3) is 72.5 Å². The minimum Gasteiger partial charge on any atom is -0.464 e. The first kappa shape index (κ1) is 25.1. The first-order valence-corrected chi connectivity index (χ1v) is 14.5. The molecule has 8 rings (SSSR count). The van der Waals surface area contributed by atoms with Crippen molar-refractivity contribution < 1.29 is 4.42 Å². The van der Waals surface area contributed by atoms with Gasteiger partial charge in [0.05, 0.1) is 22.3 Å². The Morgan fingerprint density at radius 1 is 0.535 bits per heavy atom. The summed E-state index contributed by atoms with van der Waals surface area (Å²) in [6, 6.07) is 51.1. The van der Waals surface area contributed by atoms with E-state index in [1.165, 1.54) is 5.56 Å². The molecule has 0 radical (unpaired) electrons. The Morgan fingerprint density at radius 3 is 1.77 bits per heavy atom. The van der Waals surface area contributed by atoms with Crippen molar-refractivity contribution in [3.8, 4) is 50.5 Å². The molecule has 43 heavy (non-hydrogen) atoms. The zero-order chi connectivity index (χ0) is 28.8. The molecule has 0 N–H and O–H groups in total. The van der Waals surface area contributed by atoms with Crippen LogP contribution in [0.1, 0.15) is 5.56 Å². The lowest BCUT2D eigenvalue weighted by Gasteiger charge is -2.20. The second kappa shape index (κ2) is 10.3. The number of benzene rings is 6. The fourth-order valence-corrected chi connectivity index (χ4v) is 6.14. The molecule has 0 saturated heterocycles. The summed E-state index contributed by atoms with van der Waals surface area (Å²) in [5, 5.41) is 1.03. The van der Waals surface area contributed by atoms with Crippen molar-refractivity contribution in [1.82, 2.24) is 9.55 Å². The highest BCUT2D eigenvalue weighted by atomic mass is 16.3. The van der Waals surface area contributed by atoms with Gasteiger partial charge in [-0.05, 0) is 71.1 Å². The Balaban J connectivity index is 1.44. The third-order valence-corrected chi connectivity index (χ3v) is 8.13. The van der Waals surface area contributed by atoms with Gasteiger partial charge in [0.2, 0.25) is 0 Å². The zero-order valence-electron chi connectivity index (χ0n) is 23.7. The van der Waals surface area contributed by atoms with Crippen LogP contribution in [0.5, 0.6) is 0 Å². The molecule has 0 aliphatic rings. The largest absolute Gasteiger partial charge is 0.464 e. The van der Waals surface area contributed by atoms with E-state index in [9.17, 15) is 0 Å². The maximum atomic E-state index is 6.25. The second-order valence-corrected chi connectivity index (χ2v) is 10.9. The number of hydrogen-bond donors (Lipinski definition) is 0. The average Bonchev–Trinajstić information content (AvgIpc) is 3.66. The number of rotatable bonds is 5. The Hall–Kier alpha value is -5.67. The highest BCUT2D eigenvalue weighted by molar-refractivity contribution is 5.99. The molecule has 8 aromatic rings. The maximum absolute atomic E-state index is 6.25. The minimum atomic E-state index is 0.838. The van der Waals surface area contributed by atoms with Gasteiger partial charge in [-0.15, -0.1) is 0 Å². The van der Waals surface area contributed by atoms with E-state index in [4.69, 9.17) is 9.40 Å². The molecule has 0 unspecified atom stereocenters. The molecule has 3 heteroatoms. The Bertz CT molecular complexity index is 2170. The molecule has 6 aromatic carbocycles. The third-order valence-electron chi connectivity index (χ3n) is 8.13. The standard InChI is InChI=1S/C40H28N2O/c1-27-23-33(29-15-7-3-8-16-29)39(34(24-27)30-17-9-4-10-18-30)42-37-20-12-11-19-36(37)41-40(42)35-26-43-38-25-31(21-22-32(35)38)28-13-5-2-6-14-28/h2-26H,1H3. The van der Waals surface area contributed by atoms with Crippen LogP contribution in [-0.4, -0.2) is 9.55 Å². The SMILES string of the molecule is Cc1cc(-c2ccccc2)c(-n2c(-c3coc4cc(-c5ccccc5)ccc34)nc3ccccc32)c(-c2ccccc2)c1. The number of fused-ring (bicyclic) bond motifs is 2. The van der Waals surface area contributed by atoms with E-state index < -0.39 is 0 Å². The van der Waals surface area contributed by atoms with Crippen LogP contribution >= 0.6 is 0 Å². The summed E-state index contributed by atoms with van der Waals surface area (Å²) in [7, 11) is 0. The van der Waals surface area contributed by atoms with Gasteiger partial charge in [-0.2, -0.15) is 0 Å². The van der Waals surface area contributed by atoms with Gasteiger partial charge in [0, 0.05) is 16.5 Å². The Kier molecular flexibility index (Phi) is 6.01. The number of aryl methyl sites for hydroxylation is 1. The number of para-hydroxylation sites is 2. The van der Waals surface area contributed by atoms with Crippen molar-refractivity contribution in [2.75, 3.05) is 0 Å². The van der Waals surface area contributed by atoms with E-state index >= 15 is 0 Å². The van der Waals surface area contributed by atoms with E-state index in [2.05, 4.69) is 151 Å². The number of imidazole rings is 1. The zero-order valence-corrected chi connectivity index (χ0v) is 23.7. The first-order chi connectivity index (χ1) is 21.2. The molecule has 2 aromatic heterocycles. The highest BCUT2D eigenvalue weighted by Gasteiger charge is 2.24. The fraction of sp³-hybridized carbons (Fsp3) is 0.0250. The van der Waals surface area contributed by atoms with Crippen molar-refractivity contribution in [2.24, 2.45) is 0 Å². The number of hydrogen-bond acceptors (Lipinski definition) is 2. The molecule has 3 nitrogen and oxygen atoms in total. The number of furan rings is 1. The van der Waals surface area contributed by atoms with E-state index in [0.29, 0.717) is 0 Å². The minimum absolute atomic E-state index is 0.838. The third kappa shape index (κ3) is 4.34. The molecule has 0 bridgehead atoms. The molecule has 0 spiro atoms. The number of nitrogens with zero attached hydrogens (tertiary/aromatic N) is 2. The van der Waals surface area contributed by atoms with E-state index in [0.717, 1.165) is 72.5 Å². The van der Waals surface area contributed by atoms with Gasteiger partial charge in [0.25, 0.3) is 0 Å². The van der Waals surface area contributed by atoms with Gasteiger partial charge in [0.1, 0.15) is 17.7 Å². The molecule has 0 amide bonds. The first-order valence-electron chi connectivity index (χ1n) is 14.5. The summed E-state index contributed by atoms with van der Waals surface area (Å²) in [6.45, 7) is 2.17. The van der Waals surface area contributed by atoms with Crippen molar-refractivity contribution in [1.29, 1.82) is 0 Å². The van der Waals surface area contributed by atoms with Gasteiger partial charge >= 0.3 is 0 Å². The lowest BCUT2D eigenvalue weighted by Crippen LogP contribution is -2.03. The van der Waals surface area contributed by atoms with Crippen molar-refractivity contribution >= 4 is 22.0 Å². The monoisotopic (exact) mass is 552 g/mol. The smallest absolute Gasteiger partial charge is 0.149 e. The van der Waals surface area contributed by atoms with Crippen molar-refractivity contribution in [3.63, 3.8) is 0 Å². The van der Waals surface area contributed by atoms with Gasteiger partial charge in [-0.25, -0.2) is 4.98 Å². The average molecular weight is 553 g/mol. The van der Waals surface area contributed by atoms with Gasteiger partial charge in [0.15, 0.2) is 0 Å².